The Bertz CT molecular complexity index is 987. The molecule has 0 bridgehead atoms. The number of carbonyl (C=O) groups is 3. The number of nitrogens with one attached hydrogen (secondary N) is 2. The lowest BCUT2D eigenvalue weighted by Gasteiger charge is -2.28. The molecule has 2 heterocycles. The predicted octanol–water partition coefficient (Wildman–Crippen LogP) is 4.25. The molecule has 0 spiro atoms. The molecule has 4 amide bonds. The van der Waals surface area contributed by atoms with Gasteiger partial charge in [0.1, 0.15) is 0 Å². The van der Waals surface area contributed by atoms with Crippen molar-refractivity contribution in [2.45, 2.75) is 25.7 Å². The molecule has 0 unspecified atom stereocenters. The number of nitrogens with zero attached hydrogens (tertiary/aromatic N) is 2. The molecule has 2 aromatic rings. The van der Waals surface area contributed by atoms with Gasteiger partial charge in [0.15, 0.2) is 0 Å². The van der Waals surface area contributed by atoms with E-state index in [1.165, 1.54) is 29.8 Å². The van der Waals surface area contributed by atoms with E-state index in [9.17, 15) is 14.4 Å². The highest BCUT2D eigenvalue weighted by Crippen LogP contribution is 2.26. The van der Waals surface area contributed by atoms with E-state index in [-0.39, 0.29) is 24.4 Å². The molecule has 0 saturated carbocycles. The molecular weight excluding hydrogens is 460 g/mol. The molecule has 2 N–H and O–H groups in total. The summed E-state index contributed by atoms with van der Waals surface area (Å²) >= 11 is 3.32. The van der Waals surface area contributed by atoms with Crippen LogP contribution in [0, 0.1) is 0 Å². The highest BCUT2D eigenvalue weighted by atomic mass is 79.9. The summed E-state index contributed by atoms with van der Waals surface area (Å²) in [4.78, 5) is 40.6. The fourth-order valence-electron chi connectivity index (χ4n) is 3.99. The summed E-state index contributed by atoms with van der Waals surface area (Å²) in [6.07, 6.45) is 4.22. The first-order chi connectivity index (χ1) is 15.0. The summed E-state index contributed by atoms with van der Waals surface area (Å²) in [6, 6.07) is 12.6. The number of fused-ring (bicyclic) bond motifs is 1. The SMILES string of the molecule is O=C(NCCCN1C(=O)c2ccc(Br)cc2C1=O)Nc1ccc(N2CCCCC2)cc1. The maximum atomic E-state index is 12.5. The van der Waals surface area contributed by atoms with Gasteiger partial charge < -0.3 is 15.5 Å². The molecular formula is C23H25BrN4O3. The minimum absolute atomic E-state index is 0.259. The monoisotopic (exact) mass is 484 g/mol. The van der Waals surface area contributed by atoms with Crippen LogP contribution in [0.4, 0.5) is 16.2 Å². The van der Waals surface area contributed by atoms with Gasteiger partial charge in [-0.25, -0.2) is 4.79 Å². The van der Waals surface area contributed by atoms with Crippen LogP contribution < -0.4 is 15.5 Å². The predicted molar refractivity (Wildman–Crippen MR) is 124 cm³/mol. The molecule has 162 valence electrons. The highest BCUT2D eigenvalue weighted by molar-refractivity contribution is 9.10. The Hall–Kier alpha value is -2.87. The standard InChI is InChI=1S/C23H25BrN4O3/c24-16-5-10-19-20(15-16)22(30)28(21(19)29)14-4-11-25-23(31)26-17-6-8-18(9-7-17)27-12-2-1-3-13-27/h5-10,15H,1-4,11-14H2,(H2,25,26,31). The van der Waals surface area contributed by atoms with E-state index in [2.05, 4.69) is 31.5 Å². The molecule has 1 fully saturated rings. The summed E-state index contributed by atoms with van der Waals surface area (Å²) in [6.45, 7) is 2.78. The highest BCUT2D eigenvalue weighted by Gasteiger charge is 2.34. The molecule has 4 rings (SSSR count). The molecule has 31 heavy (non-hydrogen) atoms. The first-order valence-electron chi connectivity index (χ1n) is 10.6. The Morgan fingerprint density at radius 1 is 0.935 bits per heavy atom. The Morgan fingerprint density at radius 2 is 1.65 bits per heavy atom. The third-order valence-corrected chi connectivity index (χ3v) is 6.12. The van der Waals surface area contributed by atoms with E-state index in [1.54, 1.807) is 18.2 Å². The number of anilines is 2. The van der Waals surface area contributed by atoms with Gasteiger partial charge in [-0.2, -0.15) is 0 Å². The van der Waals surface area contributed by atoms with Gasteiger partial charge in [-0.05, 0) is 68.1 Å². The van der Waals surface area contributed by atoms with E-state index in [0.717, 1.165) is 23.2 Å². The minimum Gasteiger partial charge on any atom is -0.372 e. The molecule has 1 saturated heterocycles. The van der Waals surface area contributed by atoms with Crippen molar-refractivity contribution < 1.29 is 14.4 Å². The Morgan fingerprint density at radius 3 is 2.39 bits per heavy atom. The Kier molecular flexibility index (Phi) is 6.56. The topological polar surface area (TPSA) is 81.8 Å². The van der Waals surface area contributed by atoms with E-state index >= 15 is 0 Å². The lowest BCUT2D eigenvalue weighted by atomic mass is 10.1. The Labute approximate surface area is 189 Å². The van der Waals surface area contributed by atoms with Gasteiger partial charge >= 0.3 is 6.03 Å². The van der Waals surface area contributed by atoms with Gasteiger partial charge in [0, 0.05) is 42.0 Å². The smallest absolute Gasteiger partial charge is 0.319 e. The van der Waals surface area contributed by atoms with Crippen LogP contribution in [0.2, 0.25) is 0 Å². The molecule has 0 radical (unpaired) electrons. The lowest BCUT2D eigenvalue weighted by molar-refractivity contribution is 0.0653. The first-order valence-corrected chi connectivity index (χ1v) is 11.4. The van der Waals surface area contributed by atoms with Gasteiger partial charge in [0.05, 0.1) is 11.1 Å². The van der Waals surface area contributed by atoms with Crippen molar-refractivity contribution in [3.05, 3.63) is 58.1 Å². The van der Waals surface area contributed by atoms with Crippen molar-refractivity contribution in [1.82, 2.24) is 10.2 Å². The summed E-state index contributed by atoms with van der Waals surface area (Å²) in [5.74, 6) is -0.578. The van der Waals surface area contributed by atoms with Crippen LogP contribution in [-0.4, -0.2) is 48.9 Å². The van der Waals surface area contributed by atoms with Gasteiger partial charge in [-0.1, -0.05) is 15.9 Å². The van der Waals surface area contributed by atoms with Crippen LogP contribution in [0.25, 0.3) is 0 Å². The number of piperidine rings is 1. The molecule has 0 aliphatic carbocycles. The maximum Gasteiger partial charge on any atom is 0.319 e. The largest absolute Gasteiger partial charge is 0.372 e. The van der Waals surface area contributed by atoms with Crippen molar-refractivity contribution in [1.29, 1.82) is 0 Å². The number of imide groups is 1. The fourth-order valence-corrected chi connectivity index (χ4v) is 4.35. The number of halogens is 1. The number of carbonyl (C=O) groups excluding carboxylic acids is 3. The molecule has 2 aromatic carbocycles. The average Bonchev–Trinajstić information content (AvgIpc) is 3.01. The van der Waals surface area contributed by atoms with E-state index in [4.69, 9.17) is 0 Å². The molecule has 0 atom stereocenters. The third kappa shape index (κ3) is 4.90. The summed E-state index contributed by atoms with van der Waals surface area (Å²) in [5.41, 5.74) is 2.74. The number of benzene rings is 2. The molecule has 2 aliphatic rings. The van der Waals surface area contributed by atoms with Crippen LogP contribution >= 0.6 is 15.9 Å². The normalized spacial score (nSPS) is 15.8. The zero-order valence-electron chi connectivity index (χ0n) is 17.2. The van der Waals surface area contributed by atoms with Crippen LogP contribution in [0.3, 0.4) is 0 Å². The number of amides is 4. The number of hydrogen-bond donors (Lipinski definition) is 2. The Balaban J connectivity index is 1.21. The lowest BCUT2D eigenvalue weighted by Crippen LogP contribution is -2.35. The minimum atomic E-state index is -0.308. The van der Waals surface area contributed by atoms with Crippen molar-refractivity contribution in [3.8, 4) is 0 Å². The average molecular weight is 485 g/mol. The zero-order valence-corrected chi connectivity index (χ0v) is 18.8. The fraction of sp³-hybridized carbons (Fsp3) is 0.348. The number of rotatable bonds is 6. The second-order valence-corrected chi connectivity index (χ2v) is 8.70. The molecule has 8 heteroatoms. The number of urea groups is 1. The van der Waals surface area contributed by atoms with Crippen molar-refractivity contribution in [2.24, 2.45) is 0 Å². The molecule has 0 aromatic heterocycles. The van der Waals surface area contributed by atoms with Crippen LogP contribution in [-0.2, 0) is 0 Å². The van der Waals surface area contributed by atoms with Gasteiger partial charge in [0.2, 0.25) is 0 Å². The number of hydrogen-bond acceptors (Lipinski definition) is 4. The zero-order chi connectivity index (χ0) is 21.8. The quantitative estimate of drug-likeness (QED) is 0.474. The van der Waals surface area contributed by atoms with Crippen LogP contribution in [0.5, 0.6) is 0 Å². The molecule has 2 aliphatic heterocycles. The van der Waals surface area contributed by atoms with E-state index in [0.29, 0.717) is 24.1 Å². The second kappa shape index (κ2) is 9.51. The van der Waals surface area contributed by atoms with Gasteiger partial charge in [-0.3, -0.25) is 14.5 Å². The third-order valence-electron chi connectivity index (χ3n) is 5.62. The molecule has 7 nitrogen and oxygen atoms in total. The second-order valence-electron chi connectivity index (χ2n) is 7.78. The van der Waals surface area contributed by atoms with Crippen LogP contribution in [0.15, 0.2) is 46.9 Å². The van der Waals surface area contributed by atoms with Gasteiger partial charge in [-0.15, -0.1) is 0 Å². The van der Waals surface area contributed by atoms with Crippen molar-refractivity contribution >= 4 is 45.2 Å². The van der Waals surface area contributed by atoms with Gasteiger partial charge in [0.25, 0.3) is 11.8 Å². The van der Waals surface area contributed by atoms with Crippen molar-refractivity contribution in [3.63, 3.8) is 0 Å². The van der Waals surface area contributed by atoms with Crippen molar-refractivity contribution in [2.75, 3.05) is 36.4 Å². The summed E-state index contributed by atoms with van der Waals surface area (Å²) in [7, 11) is 0. The van der Waals surface area contributed by atoms with E-state index < -0.39 is 0 Å². The summed E-state index contributed by atoms with van der Waals surface area (Å²) in [5, 5.41) is 5.59. The maximum absolute atomic E-state index is 12.5. The van der Waals surface area contributed by atoms with E-state index in [1.807, 2.05) is 24.3 Å². The van der Waals surface area contributed by atoms with Crippen LogP contribution in [0.1, 0.15) is 46.4 Å². The summed E-state index contributed by atoms with van der Waals surface area (Å²) < 4.78 is 0.761. The first kappa shape index (κ1) is 21.4.